The van der Waals surface area contributed by atoms with Crippen molar-refractivity contribution in [3.63, 3.8) is 0 Å². The average molecular weight is 312 g/mol. The maximum absolute atomic E-state index is 12.3. The second-order valence-corrected chi connectivity index (χ2v) is 7.46. The Labute approximate surface area is 130 Å². The van der Waals surface area contributed by atoms with Crippen LogP contribution in [0.2, 0.25) is 5.02 Å². The molecule has 1 fully saturated rings. The van der Waals surface area contributed by atoms with Crippen LogP contribution in [0.15, 0.2) is 29.2 Å². The number of carbonyl (C=O) groups is 1. The Bertz CT molecular complexity index is 466. The van der Waals surface area contributed by atoms with Crippen molar-refractivity contribution < 1.29 is 4.79 Å². The van der Waals surface area contributed by atoms with Gasteiger partial charge in [0.05, 0.1) is 10.3 Å². The molecule has 1 N–H and O–H groups in total. The second kappa shape index (κ2) is 7.37. The van der Waals surface area contributed by atoms with E-state index in [1.165, 1.54) is 24.6 Å². The molecule has 1 aliphatic carbocycles. The van der Waals surface area contributed by atoms with Gasteiger partial charge in [0.1, 0.15) is 0 Å². The Morgan fingerprint density at radius 3 is 2.85 bits per heavy atom. The number of hydrogen-bond acceptors (Lipinski definition) is 2. The maximum Gasteiger partial charge on any atom is 0.233 e. The van der Waals surface area contributed by atoms with Gasteiger partial charge in [-0.1, -0.05) is 43.5 Å². The van der Waals surface area contributed by atoms with Crippen molar-refractivity contribution in [3.05, 3.63) is 29.3 Å². The highest BCUT2D eigenvalue weighted by Crippen LogP contribution is 2.30. The zero-order valence-electron chi connectivity index (χ0n) is 12.1. The van der Waals surface area contributed by atoms with Crippen molar-refractivity contribution >= 4 is 29.3 Å². The molecule has 0 heterocycles. The van der Waals surface area contributed by atoms with Gasteiger partial charge in [0.25, 0.3) is 0 Å². The largest absolute Gasteiger partial charge is 0.352 e. The number of carbonyl (C=O) groups excluding carboxylic acids is 1. The number of benzene rings is 1. The minimum atomic E-state index is -0.118. The van der Waals surface area contributed by atoms with Crippen molar-refractivity contribution in [2.75, 3.05) is 0 Å². The van der Waals surface area contributed by atoms with Crippen molar-refractivity contribution in [3.8, 4) is 0 Å². The maximum atomic E-state index is 12.3. The van der Waals surface area contributed by atoms with Crippen LogP contribution in [0.1, 0.15) is 39.5 Å². The lowest BCUT2D eigenvalue weighted by Gasteiger charge is -2.28. The summed E-state index contributed by atoms with van der Waals surface area (Å²) in [7, 11) is 0. The van der Waals surface area contributed by atoms with Gasteiger partial charge in [-0.15, -0.1) is 11.8 Å². The zero-order valence-corrected chi connectivity index (χ0v) is 13.6. The van der Waals surface area contributed by atoms with E-state index in [1.54, 1.807) is 0 Å². The van der Waals surface area contributed by atoms with E-state index in [0.29, 0.717) is 11.1 Å². The fourth-order valence-corrected chi connectivity index (χ4v) is 3.83. The molecule has 0 saturated heterocycles. The molecule has 0 bridgehead atoms. The SMILES string of the molecule is CC1CCCC(NC(=O)C(C)Sc2ccccc2Cl)C1. The summed E-state index contributed by atoms with van der Waals surface area (Å²) in [6.45, 7) is 4.20. The first-order valence-corrected chi connectivity index (χ1v) is 8.53. The summed E-state index contributed by atoms with van der Waals surface area (Å²) in [5, 5.41) is 3.78. The third-order valence-corrected chi connectivity index (χ3v) is 5.41. The van der Waals surface area contributed by atoms with Gasteiger partial charge in [0, 0.05) is 10.9 Å². The molecular weight excluding hydrogens is 290 g/mol. The number of halogens is 1. The first-order valence-electron chi connectivity index (χ1n) is 7.28. The molecule has 4 heteroatoms. The highest BCUT2D eigenvalue weighted by Gasteiger charge is 2.23. The second-order valence-electron chi connectivity index (χ2n) is 5.67. The number of nitrogens with one attached hydrogen (secondary N) is 1. The minimum Gasteiger partial charge on any atom is -0.352 e. The first-order chi connectivity index (χ1) is 9.56. The molecule has 0 radical (unpaired) electrons. The van der Waals surface area contributed by atoms with Gasteiger partial charge < -0.3 is 5.32 Å². The predicted molar refractivity (Wildman–Crippen MR) is 86.3 cm³/mol. The van der Waals surface area contributed by atoms with Crippen LogP contribution in [-0.2, 0) is 4.79 Å². The van der Waals surface area contributed by atoms with E-state index in [4.69, 9.17) is 11.6 Å². The molecule has 110 valence electrons. The van der Waals surface area contributed by atoms with Crippen molar-refractivity contribution in [2.24, 2.45) is 5.92 Å². The molecule has 2 rings (SSSR count). The third kappa shape index (κ3) is 4.42. The lowest BCUT2D eigenvalue weighted by Crippen LogP contribution is -2.41. The predicted octanol–water partition coefficient (Wildman–Crippen LogP) is 4.52. The van der Waals surface area contributed by atoms with Crippen LogP contribution in [-0.4, -0.2) is 17.2 Å². The topological polar surface area (TPSA) is 29.1 Å². The Balaban J connectivity index is 1.87. The molecule has 1 aromatic rings. The molecule has 20 heavy (non-hydrogen) atoms. The van der Waals surface area contributed by atoms with E-state index in [0.717, 1.165) is 23.7 Å². The average Bonchev–Trinajstić information content (AvgIpc) is 2.41. The third-order valence-electron chi connectivity index (χ3n) is 3.79. The molecule has 3 atom stereocenters. The smallest absolute Gasteiger partial charge is 0.233 e. The minimum absolute atomic E-state index is 0.118. The van der Waals surface area contributed by atoms with Crippen LogP contribution in [0.5, 0.6) is 0 Å². The van der Waals surface area contributed by atoms with Crippen LogP contribution < -0.4 is 5.32 Å². The molecule has 1 aromatic carbocycles. The first kappa shape index (κ1) is 15.7. The lowest BCUT2D eigenvalue weighted by molar-refractivity contribution is -0.121. The van der Waals surface area contributed by atoms with E-state index < -0.39 is 0 Å². The molecular formula is C16H22ClNOS. The summed E-state index contributed by atoms with van der Waals surface area (Å²) in [4.78, 5) is 13.2. The fourth-order valence-electron chi connectivity index (χ4n) is 2.67. The van der Waals surface area contributed by atoms with Gasteiger partial charge in [-0.3, -0.25) is 4.79 Å². The fraction of sp³-hybridized carbons (Fsp3) is 0.562. The Hall–Kier alpha value is -0.670. The molecule has 3 unspecified atom stereocenters. The van der Waals surface area contributed by atoms with Gasteiger partial charge in [-0.2, -0.15) is 0 Å². The van der Waals surface area contributed by atoms with Crippen LogP contribution in [0, 0.1) is 5.92 Å². The highest BCUT2D eigenvalue weighted by atomic mass is 35.5. The van der Waals surface area contributed by atoms with Crippen molar-refractivity contribution in [2.45, 2.75) is 55.7 Å². The van der Waals surface area contributed by atoms with Gasteiger partial charge in [0.15, 0.2) is 0 Å². The van der Waals surface area contributed by atoms with Gasteiger partial charge in [-0.05, 0) is 37.8 Å². The van der Waals surface area contributed by atoms with Gasteiger partial charge in [0.2, 0.25) is 5.91 Å². The molecule has 0 aromatic heterocycles. The van der Waals surface area contributed by atoms with E-state index in [1.807, 2.05) is 31.2 Å². The number of thioether (sulfide) groups is 1. The molecule has 0 spiro atoms. The van der Waals surface area contributed by atoms with E-state index in [2.05, 4.69) is 12.2 Å². The van der Waals surface area contributed by atoms with E-state index in [9.17, 15) is 4.79 Å². The van der Waals surface area contributed by atoms with E-state index in [-0.39, 0.29) is 11.2 Å². The van der Waals surface area contributed by atoms with Crippen molar-refractivity contribution in [1.29, 1.82) is 0 Å². The standard InChI is InChI=1S/C16H22ClNOS/c1-11-6-5-7-13(10-11)18-16(19)12(2)20-15-9-4-3-8-14(15)17/h3-4,8-9,11-13H,5-7,10H2,1-2H3,(H,18,19). The molecule has 0 aliphatic heterocycles. The lowest BCUT2D eigenvalue weighted by atomic mass is 9.87. The normalized spacial score (nSPS) is 24.1. The highest BCUT2D eigenvalue weighted by molar-refractivity contribution is 8.00. The van der Waals surface area contributed by atoms with Crippen LogP contribution in [0.4, 0.5) is 0 Å². The van der Waals surface area contributed by atoms with E-state index >= 15 is 0 Å². The molecule has 1 saturated carbocycles. The van der Waals surface area contributed by atoms with Gasteiger partial charge >= 0.3 is 0 Å². The summed E-state index contributed by atoms with van der Waals surface area (Å²) in [5.74, 6) is 0.842. The van der Waals surface area contributed by atoms with Crippen LogP contribution in [0.25, 0.3) is 0 Å². The Morgan fingerprint density at radius 2 is 2.15 bits per heavy atom. The van der Waals surface area contributed by atoms with Crippen LogP contribution >= 0.6 is 23.4 Å². The number of hydrogen-bond donors (Lipinski definition) is 1. The zero-order chi connectivity index (χ0) is 14.5. The summed E-state index contributed by atoms with van der Waals surface area (Å²) in [5.41, 5.74) is 0. The number of rotatable bonds is 4. The summed E-state index contributed by atoms with van der Waals surface area (Å²) >= 11 is 7.66. The molecule has 1 aliphatic rings. The Morgan fingerprint density at radius 1 is 1.40 bits per heavy atom. The Kier molecular flexibility index (Phi) is 5.79. The molecule has 2 nitrogen and oxygen atoms in total. The van der Waals surface area contributed by atoms with Crippen molar-refractivity contribution in [1.82, 2.24) is 5.32 Å². The van der Waals surface area contributed by atoms with Gasteiger partial charge in [-0.25, -0.2) is 0 Å². The quantitative estimate of drug-likeness (QED) is 0.829. The summed E-state index contributed by atoms with van der Waals surface area (Å²) in [6, 6.07) is 8.01. The van der Waals surface area contributed by atoms with Crippen LogP contribution in [0.3, 0.4) is 0 Å². The number of amides is 1. The summed E-state index contributed by atoms with van der Waals surface area (Å²) < 4.78 is 0. The molecule has 1 amide bonds. The summed E-state index contributed by atoms with van der Waals surface area (Å²) in [6.07, 6.45) is 4.73. The monoisotopic (exact) mass is 311 g/mol.